The number of amides is 2. The summed E-state index contributed by atoms with van der Waals surface area (Å²) in [5.74, 6) is -1.00. The molecule has 2 aromatic carbocycles. The molecule has 5 heteroatoms. The molecule has 1 saturated heterocycles. The number of nitrogens with zero attached hydrogens (tertiary/aromatic N) is 1. The van der Waals surface area contributed by atoms with Crippen molar-refractivity contribution in [2.45, 2.75) is 13.3 Å². The van der Waals surface area contributed by atoms with Crippen LogP contribution in [0.4, 0.5) is 11.4 Å². The lowest BCUT2D eigenvalue weighted by molar-refractivity contribution is -0.129. The van der Waals surface area contributed by atoms with Gasteiger partial charge in [-0.25, -0.2) is 0 Å². The van der Waals surface area contributed by atoms with Gasteiger partial charge in [-0.05, 0) is 49.7 Å². The maximum atomic E-state index is 12.5. The minimum atomic E-state index is -0.625. The van der Waals surface area contributed by atoms with Crippen molar-refractivity contribution in [1.29, 1.82) is 0 Å². The van der Waals surface area contributed by atoms with Gasteiger partial charge in [0.05, 0.1) is 0 Å². The molecule has 0 aliphatic carbocycles. The zero-order chi connectivity index (χ0) is 16.4. The molecule has 0 spiro atoms. The molecule has 1 fully saturated rings. The van der Waals surface area contributed by atoms with E-state index < -0.39 is 5.92 Å². The first kappa shape index (κ1) is 15.7. The molecule has 1 aliphatic rings. The van der Waals surface area contributed by atoms with Gasteiger partial charge in [-0.15, -0.1) is 0 Å². The van der Waals surface area contributed by atoms with Crippen LogP contribution in [0.2, 0.25) is 0 Å². The Morgan fingerprint density at radius 3 is 2.43 bits per heavy atom. The van der Waals surface area contributed by atoms with Crippen LogP contribution in [0.25, 0.3) is 0 Å². The van der Waals surface area contributed by atoms with E-state index in [1.54, 1.807) is 4.90 Å². The normalized spacial score (nSPS) is 17.4. The summed E-state index contributed by atoms with van der Waals surface area (Å²) < 4.78 is 0.960. The highest BCUT2D eigenvalue weighted by atomic mass is 79.9. The van der Waals surface area contributed by atoms with Crippen LogP contribution in [-0.4, -0.2) is 18.4 Å². The average Bonchev–Trinajstić information content (AvgIpc) is 2.92. The SMILES string of the molecule is Cc1ccc(NC(=O)[C@H]2CCN(c3ccc(Br)cc3)C2=O)cc1. The average molecular weight is 373 g/mol. The second-order valence-electron chi connectivity index (χ2n) is 5.66. The highest BCUT2D eigenvalue weighted by molar-refractivity contribution is 9.10. The van der Waals surface area contributed by atoms with Crippen molar-refractivity contribution in [3.63, 3.8) is 0 Å². The Balaban J connectivity index is 1.69. The summed E-state index contributed by atoms with van der Waals surface area (Å²) in [7, 11) is 0. The third kappa shape index (κ3) is 3.45. The third-order valence-corrected chi connectivity index (χ3v) is 4.51. The van der Waals surface area contributed by atoms with Gasteiger partial charge < -0.3 is 10.2 Å². The number of anilines is 2. The zero-order valence-electron chi connectivity index (χ0n) is 12.8. The fraction of sp³-hybridized carbons (Fsp3) is 0.222. The maximum absolute atomic E-state index is 12.5. The van der Waals surface area contributed by atoms with Crippen LogP contribution in [-0.2, 0) is 9.59 Å². The molecule has 2 amide bonds. The van der Waals surface area contributed by atoms with Crippen LogP contribution in [0.1, 0.15) is 12.0 Å². The fourth-order valence-electron chi connectivity index (χ4n) is 2.67. The fourth-order valence-corrected chi connectivity index (χ4v) is 2.93. The molecule has 0 radical (unpaired) electrons. The number of hydrogen-bond acceptors (Lipinski definition) is 2. The van der Waals surface area contributed by atoms with Gasteiger partial charge >= 0.3 is 0 Å². The second-order valence-corrected chi connectivity index (χ2v) is 6.58. The molecule has 0 aromatic heterocycles. The topological polar surface area (TPSA) is 49.4 Å². The lowest BCUT2D eigenvalue weighted by Crippen LogP contribution is -2.33. The number of nitrogens with one attached hydrogen (secondary N) is 1. The van der Waals surface area contributed by atoms with E-state index in [4.69, 9.17) is 0 Å². The minimum Gasteiger partial charge on any atom is -0.325 e. The van der Waals surface area contributed by atoms with E-state index in [1.807, 2.05) is 55.5 Å². The standard InChI is InChI=1S/C18H17BrN2O2/c1-12-2-6-14(7-3-12)20-17(22)16-10-11-21(18(16)23)15-8-4-13(19)5-9-15/h2-9,16H,10-11H2,1H3,(H,20,22)/t16-/m1/s1. The molecule has 0 bridgehead atoms. The predicted octanol–water partition coefficient (Wildman–Crippen LogP) is 3.75. The predicted molar refractivity (Wildman–Crippen MR) is 94.4 cm³/mol. The molecule has 1 heterocycles. The van der Waals surface area contributed by atoms with E-state index >= 15 is 0 Å². The zero-order valence-corrected chi connectivity index (χ0v) is 14.3. The summed E-state index contributed by atoms with van der Waals surface area (Å²) in [4.78, 5) is 26.6. The Hall–Kier alpha value is -2.14. The molecule has 1 aliphatic heterocycles. The highest BCUT2D eigenvalue weighted by Gasteiger charge is 2.37. The van der Waals surface area contributed by atoms with Crippen molar-refractivity contribution >= 4 is 39.1 Å². The van der Waals surface area contributed by atoms with Gasteiger partial charge in [0.25, 0.3) is 0 Å². The third-order valence-electron chi connectivity index (χ3n) is 3.98. The number of aryl methyl sites for hydroxylation is 1. The first-order chi connectivity index (χ1) is 11.0. The molecule has 3 rings (SSSR count). The van der Waals surface area contributed by atoms with Gasteiger partial charge in [0.15, 0.2) is 0 Å². The number of halogens is 1. The van der Waals surface area contributed by atoms with E-state index in [9.17, 15) is 9.59 Å². The Bertz CT molecular complexity index is 726. The Morgan fingerprint density at radius 1 is 1.13 bits per heavy atom. The van der Waals surface area contributed by atoms with Crippen molar-refractivity contribution in [2.75, 3.05) is 16.8 Å². The number of hydrogen-bond donors (Lipinski definition) is 1. The lowest BCUT2D eigenvalue weighted by atomic mass is 10.1. The van der Waals surface area contributed by atoms with Crippen LogP contribution in [0.5, 0.6) is 0 Å². The number of carbonyl (C=O) groups excluding carboxylic acids is 2. The summed E-state index contributed by atoms with van der Waals surface area (Å²) in [5, 5.41) is 2.83. The van der Waals surface area contributed by atoms with Gasteiger partial charge in [-0.3, -0.25) is 9.59 Å². The number of benzene rings is 2. The molecule has 1 atom stereocenters. The summed E-state index contributed by atoms with van der Waals surface area (Å²) in [6.45, 7) is 2.55. The van der Waals surface area contributed by atoms with Crippen LogP contribution in [0.3, 0.4) is 0 Å². The first-order valence-electron chi connectivity index (χ1n) is 7.49. The Labute approximate surface area is 143 Å². The quantitative estimate of drug-likeness (QED) is 0.834. The summed E-state index contributed by atoms with van der Waals surface area (Å²) in [6, 6.07) is 15.1. The Morgan fingerprint density at radius 2 is 1.78 bits per heavy atom. The van der Waals surface area contributed by atoms with Crippen molar-refractivity contribution in [1.82, 2.24) is 0 Å². The van der Waals surface area contributed by atoms with Crippen molar-refractivity contribution in [2.24, 2.45) is 5.92 Å². The van der Waals surface area contributed by atoms with E-state index in [0.29, 0.717) is 13.0 Å². The molecular weight excluding hydrogens is 356 g/mol. The van der Waals surface area contributed by atoms with E-state index in [0.717, 1.165) is 21.4 Å². The summed E-state index contributed by atoms with van der Waals surface area (Å²) in [5.41, 5.74) is 2.67. The molecule has 0 unspecified atom stereocenters. The van der Waals surface area contributed by atoms with Crippen LogP contribution in [0, 0.1) is 12.8 Å². The smallest absolute Gasteiger partial charge is 0.239 e. The molecule has 4 nitrogen and oxygen atoms in total. The molecule has 1 N–H and O–H groups in total. The van der Waals surface area contributed by atoms with Crippen LogP contribution in [0.15, 0.2) is 53.0 Å². The van der Waals surface area contributed by atoms with Gasteiger partial charge in [-0.2, -0.15) is 0 Å². The summed E-state index contributed by atoms with van der Waals surface area (Å²) >= 11 is 3.38. The molecule has 118 valence electrons. The van der Waals surface area contributed by atoms with E-state index in [2.05, 4.69) is 21.2 Å². The van der Waals surface area contributed by atoms with Crippen molar-refractivity contribution in [3.8, 4) is 0 Å². The lowest BCUT2D eigenvalue weighted by Gasteiger charge is -2.17. The van der Waals surface area contributed by atoms with Gasteiger partial charge in [0, 0.05) is 22.4 Å². The molecule has 2 aromatic rings. The van der Waals surface area contributed by atoms with Crippen LogP contribution < -0.4 is 10.2 Å². The maximum Gasteiger partial charge on any atom is 0.239 e. The monoisotopic (exact) mass is 372 g/mol. The molecular formula is C18H17BrN2O2. The number of rotatable bonds is 3. The summed E-state index contributed by atoms with van der Waals surface area (Å²) in [6.07, 6.45) is 0.534. The van der Waals surface area contributed by atoms with Gasteiger partial charge in [0.2, 0.25) is 11.8 Å². The highest BCUT2D eigenvalue weighted by Crippen LogP contribution is 2.27. The number of carbonyl (C=O) groups is 2. The van der Waals surface area contributed by atoms with Crippen LogP contribution >= 0.6 is 15.9 Å². The van der Waals surface area contributed by atoms with Gasteiger partial charge in [-0.1, -0.05) is 33.6 Å². The molecule has 0 saturated carbocycles. The van der Waals surface area contributed by atoms with E-state index in [-0.39, 0.29) is 11.8 Å². The first-order valence-corrected chi connectivity index (χ1v) is 8.28. The van der Waals surface area contributed by atoms with E-state index in [1.165, 1.54) is 0 Å². The van der Waals surface area contributed by atoms with Crippen molar-refractivity contribution in [3.05, 3.63) is 58.6 Å². The molecule has 23 heavy (non-hydrogen) atoms. The minimum absolute atomic E-state index is 0.142. The largest absolute Gasteiger partial charge is 0.325 e. The van der Waals surface area contributed by atoms with Crippen molar-refractivity contribution < 1.29 is 9.59 Å². The second kappa shape index (κ2) is 6.54. The Kier molecular flexibility index (Phi) is 4.48. The van der Waals surface area contributed by atoms with Gasteiger partial charge in [0.1, 0.15) is 5.92 Å².